The highest BCUT2D eigenvalue weighted by molar-refractivity contribution is 5.86. The van der Waals surface area contributed by atoms with E-state index in [0.717, 1.165) is 43.2 Å². The van der Waals surface area contributed by atoms with Crippen LogP contribution in [0.4, 0.5) is 5.82 Å². The molecule has 1 aromatic heterocycles. The van der Waals surface area contributed by atoms with Gasteiger partial charge in [0.15, 0.2) is 23.0 Å². The zero-order chi connectivity index (χ0) is 17.6. The van der Waals surface area contributed by atoms with E-state index in [-0.39, 0.29) is 11.8 Å². The molecular formula is C18H21N3O4. The molecule has 0 unspecified atom stereocenters. The maximum Gasteiger partial charge on any atom is 0.358 e. The Morgan fingerprint density at radius 2 is 1.76 bits per heavy atom. The predicted octanol–water partition coefficient (Wildman–Crippen LogP) is 2.32. The van der Waals surface area contributed by atoms with Gasteiger partial charge in [0.05, 0.1) is 14.2 Å². The van der Waals surface area contributed by atoms with Crippen molar-refractivity contribution in [3.05, 3.63) is 42.1 Å². The van der Waals surface area contributed by atoms with E-state index in [2.05, 4.69) is 19.8 Å². The van der Waals surface area contributed by atoms with Gasteiger partial charge in [-0.1, -0.05) is 12.1 Å². The second-order valence-corrected chi connectivity index (χ2v) is 5.72. The van der Waals surface area contributed by atoms with Crippen molar-refractivity contribution in [3.8, 4) is 11.5 Å². The third-order valence-corrected chi connectivity index (χ3v) is 4.17. The Bertz CT molecular complexity index is 713. The summed E-state index contributed by atoms with van der Waals surface area (Å²) in [5, 5.41) is 8.04. The molecule has 25 heavy (non-hydrogen) atoms. The standard InChI is InChI=1S/C18H21N3O4/c1-23-15-5-3-4-6-16(15)25-13-9-11-21(12-10-13)17-8-7-14(19-20-17)18(22)24-2/h3-8,13H,9-12H2,1-2H3. The number of nitrogens with zero attached hydrogens (tertiary/aromatic N) is 3. The Labute approximate surface area is 146 Å². The number of piperidine rings is 1. The van der Waals surface area contributed by atoms with Crippen LogP contribution >= 0.6 is 0 Å². The van der Waals surface area contributed by atoms with Crippen LogP contribution in [0.5, 0.6) is 11.5 Å². The molecule has 0 amide bonds. The van der Waals surface area contributed by atoms with E-state index < -0.39 is 5.97 Å². The first-order valence-corrected chi connectivity index (χ1v) is 8.18. The molecule has 1 aromatic carbocycles. The first kappa shape index (κ1) is 17.0. The summed E-state index contributed by atoms with van der Waals surface area (Å²) in [5.74, 6) is 1.78. The molecule has 1 saturated heterocycles. The maximum atomic E-state index is 11.4. The molecule has 0 atom stereocenters. The van der Waals surface area contributed by atoms with E-state index in [0.29, 0.717) is 0 Å². The summed E-state index contributed by atoms with van der Waals surface area (Å²) in [7, 11) is 2.96. The largest absolute Gasteiger partial charge is 0.493 e. The predicted molar refractivity (Wildman–Crippen MR) is 92.2 cm³/mol. The number of carbonyl (C=O) groups excluding carboxylic acids is 1. The van der Waals surface area contributed by atoms with Crippen LogP contribution in [0.1, 0.15) is 23.3 Å². The quantitative estimate of drug-likeness (QED) is 0.771. The average Bonchev–Trinajstić information content (AvgIpc) is 2.68. The summed E-state index contributed by atoms with van der Waals surface area (Å²) in [4.78, 5) is 13.5. The van der Waals surface area contributed by atoms with E-state index in [4.69, 9.17) is 9.47 Å². The number of ether oxygens (including phenoxy) is 3. The Balaban J connectivity index is 1.57. The number of esters is 1. The Hall–Kier alpha value is -2.83. The number of aromatic nitrogens is 2. The number of benzene rings is 1. The third kappa shape index (κ3) is 3.99. The topological polar surface area (TPSA) is 73.8 Å². The van der Waals surface area contributed by atoms with Crippen LogP contribution in [0.2, 0.25) is 0 Å². The zero-order valence-corrected chi connectivity index (χ0v) is 14.3. The monoisotopic (exact) mass is 343 g/mol. The highest BCUT2D eigenvalue weighted by atomic mass is 16.5. The van der Waals surface area contributed by atoms with Crippen LogP contribution in [0.25, 0.3) is 0 Å². The van der Waals surface area contributed by atoms with E-state index in [9.17, 15) is 4.79 Å². The maximum absolute atomic E-state index is 11.4. The Kier molecular flexibility index (Phi) is 5.33. The van der Waals surface area contributed by atoms with Crippen LogP contribution in [0.3, 0.4) is 0 Å². The molecule has 0 aliphatic carbocycles. The van der Waals surface area contributed by atoms with E-state index in [1.54, 1.807) is 19.2 Å². The van der Waals surface area contributed by atoms with Crippen molar-refractivity contribution < 1.29 is 19.0 Å². The van der Waals surface area contributed by atoms with Gasteiger partial charge in [0.25, 0.3) is 0 Å². The second-order valence-electron chi connectivity index (χ2n) is 5.72. The highest BCUT2D eigenvalue weighted by Crippen LogP contribution is 2.29. The van der Waals surface area contributed by atoms with Crippen molar-refractivity contribution >= 4 is 11.8 Å². The molecule has 0 radical (unpaired) electrons. The summed E-state index contributed by atoms with van der Waals surface area (Å²) in [6, 6.07) is 11.1. The lowest BCUT2D eigenvalue weighted by Crippen LogP contribution is -2.38. The lowest BCUT2D eigenvalue weighted by atomic mass is 10.1. The summed E-state index contributed by atoms with van der Waals surface area (Å²) >= 11 is 0. The molecule has 3 rings (SSSR count). The molecule has 0 spiro atoms. The van der Waals surface area contributed by atoms with Crippen LogP contribution in [-0.2, 0) is 4.74 Å². The molecule has 1 aliphatic rings. The molecule has 0 N–H and O–H groups in total. The zero-order valence-electron chi connectivity index (χ0n) is 14.3. The summed E-state index contributed by atoms with van der Waals surface area (Å²) < 4.78 is 16.0. The van der Waals surface area contributed by atoms with Gasteiger partial charge < -0.3 is 19.1 Å². The van der Waals surface area contributed by atoms with Gasteiger partial charge in [-0.05, 0) is 24.3 Å². The number of anilines is 1. The number of hydrogen-bond acceptors (Lipinski definition) is 7. The van der Waals surface area contributed by atoms with Crippen molar-refractivity contribution in [3.63, 3.8) is 0 Å². The molecule has 2 heterocycles. The molecule has 132 valence electrons. The first-order chi connectivity index (χ1) is 12.2. The minimum absolute atomic E-state index is 0.134. The molecule has 1 aliphatic heterocycles. The van der Waals surface area contributed by atoms with Gasteiger partial charge in [-0.25, -0.2) is 4.79 Å². The number of methoxy groups -OCH3 is 2. The van der Waals surface area contributed by atoms with Gasteiger partial charge in [-0.3, -0.25) is 0 Å². The molecular weight excluding hydrogens is 322 g/mol. The Morgan fingerprint density at radius 3 is 2.36 bits per heavy atom. The third-order valence-electron chi connectivity index (χ3n) is 4.17. The van der Waals surface area contributed by atoms with Crippen molar-refractivity contribution in [1.82, 2.24) is 10.2 Å². The first-order valence-electron chi connectivity index (χ1n) is 8.18. The minimum atomic E-state index is -0.483. The molecule has 7 heteroatoms. The normalized spacial score (nSPS) is 14.9. The summed E-state index contributed by atoms with van der Waals surface area (Å²) in [6.45, 7) is 1.62. The van der Waals surface area contributed by atoms with Crippen LogP contribution < -0.4 is 14.4 Å². The van der Waals surface area contributed by atoms with Gasteiger partial charge >= 0.3 is 5.97 Å². The van der Waals surface area contributed by atoms with Crippen molar-refractivity contribution in [2.45, 2.75) is 18.9 Å². The van der Waals surface area contributed by atoms with E-state index in [1.165, 1.54) is 7.11 Å². The Morgan fingerprint density at radius 1 is 1.04 bits per heavy atom. The molecule has 0 bridgehead atoms. The van der Waals surface area contributed by atoms with Crippen molar-refractivity contribution in [2.24, 2.45) is 0 Å². The highest BCUT2D eigenvalue weighted by Gasteiger charge is 2.23. The molecule has 0 saturated carbocycles. The number of rotatable bonds is 5. The SMILES string of the molecule is COC(=O)c1ccc(N2CCC(Oc3ccccc3OC)CC2)nn1. The number of carbonyl (C=O) groups is 1. The van der Waals surface area contributed by atoms with E-state index in [1.807, 2.05) is 24.3 Å². The molecule has 7 nitrogen and oxygen atoms in total. The van der Waals surface area contributed by atoms with Gasteiger partial charge in [0.1, 0.15) is 6.10 Å². The fourth-order valence-corrected chi connectivity index (χ4v) is 2.81. The average molecular weight is 343 g/mol. The van der Waals surface area contributed by atoms with Crippen molar-refractivity contribution in [1.29, 1.82) is 0 Å². The smallest absolute Gasteiger partial charge is 0.358 e. The number of para-hydroxylation sites is 2. The molecule has 2 aromatic rings. The second kappa shape index (κ2) is 7.83. The fourth-order valence-electron chi connectivity index (χ4n) is 2.81. The van der Waals surface area contributed by atoms with Crippen LogP contribution in [0.15, 0.2) is 36.4 Å². The van der Waals surface area contributed by atoms with E-state index >= 15 is 0 Å². The van der Waals surface area contributed by atoms with Crippen molar-refractivity contribution in [2.75, 3.05) is 32.2 Å². The number of hydrogen-bond donors (Lipinski definition) is 0. The van der Waals surface area contributed by atoms with Gasteiger partial charge in [-0.15, -0.1) is 10.2 Å². The van der Waals surface area contributed by atoms with Gasteiger partial charge in [-0.2, -0.15) is 0 Å². The lowest BCUT2D eigenvalue weighted by molar-refractivity contribution is 0.0592. The van der Waals surface area contributed by atoms with Gasteiger partial charge in [0.2, 0.25) is 0 Å². The summed E-state index contributed by atoms with van der Waals surface area (Å²) in [5.41, 5.74) is 0.209. The molecule has 1 fully saturated rings. The van der Waals surface area contributed by atoms with Crippen LogP contribution in [-0.4, -0.2) is 49.6 Å². The van der Waals surface area contributed by atoms with Crippen LogP contribution in [0, 0.1) is 0 Å². The van der Waals surface area contributed by atoms with Gasteiger partial charge in [0, 0.05) is 25.9 Å². The lowest BCUT2D eigenvalue weighted by Gasteiger charge is -2.32. The fraction of sp³-hybridized carbons (Fsp3) is 0.389. The summed E-state index contributed by atoms with van der Waals surface area (Å²) in [6.07, 6.45) is 1.88. The minimum Gasteiger partial charge on any atom is -0.493 e.